The van der Waals surface area contributed by atoms with Crippen LogP contribution in [0.15, 0.2) is 70.3 Å². The number of allylic oxidation sites excluding steroid dienone is 3. The van der Waals surface area contributed by atoms with Crippen LogP contribution in [0.5, 0.6) is 0 Å². The van der Waals surface area contributed by atoms with Crippen molar-refractivity contribution >= 4 is 11.4 Å². The number of benzene rings is 1. The molecule has 0 aliphatic carbocycles. The second-order valence-corrected chi connectivity index (χ2v) is 7.16. The second kappa shape index (κ2) is 18.8. The van der Waals surface area contributed by atoms with Gasteiger partial charge < -0.3 is 24.1 Å². The summed E-state index contributed by atoms with van der Waals surface area (Å²) in [7, 11) is 1.62. The molecule has 0 amide bonds. The molecule has 0 unspecified atom stereocenters. The SMILES string of the molecule is C=C1C=CC(c2noc(COCCOC)n2)=NN1Cc1cccc(NC(=CCC)OCC)c1.CC.CC. The maximum atomic E-state index is 5.65. The lowest BCUT2D eigenvalue weighted by atomic mass is 10.1. The summed E-state index contributed by atoms with van der Waals surface area (Å²) in [4.78, 5) is 4.37. The summed E-state index contributed by atoms with van der Waals surface area (Å²) in [6.45, 7) is 18.5. The minimum Gasteiger partial charge on any atom is -0.479 e. The maximum Gasteiger partial charge on any atom is 0.253 e. The molecular weight excluding hydrogens is 470 g/mol. The van der Waals surface area contributed by atoms with Gasteiger partial charge in [0.2, 0.25) is 5.82 Å². The molecule has 1 N–H and O–H groups in total. The number of hydrogen-bond acceptors (Lipinski definition) is 9. The summed E-state index contributed by atoms with van der Waals surface area (Å²) in [6, 6.07) is 8.10. The van der Waals surface area contributed by atoms with Crippen molar-refractivity contribution < 1.29 is 18.7 Å². The maximum absolute atomic E-state index is 5.65. The monoisotopic (exact) mass is 513 g/mol. The second-order valence-electron chi connectivity index (χ2n) is 7.16. The van der Waals surface area contributed by atoms with Crippen LogP contribution >= 0.6 is 0 Å². The summed E-state index contributed by atoms with van der Waals surface area (Å²) in [6.07, 6.45) is 6.61. The summed E-state index contributed by atoms with van der Waals surface area (Å²) in [5, 5.41) is 13.8. The Morgan fingerprint density at radius 2 is 1.92 bits per heavy atom. The molecule has 1 aliphatic heterocycles. The zero-order valence-corrected chi connectivity index (χ0v) is 23.4. The lowest BCUT2D eigenvalue weighted by molar-refractivity contribution is 0.0494. The number of ether oxygens (including phenoxy) is 3. The van der Waals surface area contributed by atoms with E-state index in [4.69, 9.17) is 18.7 Å². The van der Waals surface area contributed by atoms with Gasteiger partial charge in [0.25, 0.3) is 5.89 Å². The third kappa shape index (κ3) is 11.0. The molecule has 2 aromatic rings. The molecule has 0 atom stereocenters. The molecule has 204 valence electrons. The summed E-state index contributed by atoms with van der Waals surface area (Å²) in [5.74, 6) is 1.54. The van der Waals surface area contributed by atoms with Crippen LogP contribution in [0, 0.1) is 0 Å². The fraction of sp³-hybridized carbons (Fsp3) is 0.464. The van der Waals surface area contributed by atoms with Crippen LogP contribution in [0.25, 0.3) is 0 Å². The van der Waals surface area contributed by atoms with E-state index in [0.29, 0.717) is 43.8 Å². The highest BCUT2D eigenvalue weighted by molar-refractivity contribution is 6.06. The first kappa shape index (κ1) is 31.6. The minimum atomic E-state index is 0.222. The zero-order chi connectivity index (χ0) is 27.5. The third-order valence-electron chi connectivity index (χ3n) is 4.56. The van der Waals surface area contributed by atoms with Gasteiger partial charge >= 0.3 is 0 Å². The first-order valence-corrected chi connectivity index (χ1v) is 12.9. The minimum absolute atomic E-state index is 0.222. The number of hydrogen-bond donors (Lipinski definition) is 1. The summed E-state index contributed by atoms with van der Waals surface area (Å²) >= 11 is 0. The van der Waals surface area contributed by atoms with Gasteiger partial charge in [0.1, 0.15) is 12.3 Å². The van der Waals surface area contributed by atoms with Crippen molar-refractivity contribution in [1.82, 2.24) is 15.1 Å². The molecule has 9 nitrogen and oxygen atoms in total. The van der Waals surface area contributed by atoms with Crippen molar-refractivity contribution in [2.45, 2.75) is 61.1 Å². The molecule has 1 aromatic heterocycles. The Hall–Kier alpha value is -3.43. The molecule has 0 spiro atoms. The van der Waals surface area contributed by atoms with Gasteiger partial charge in [-0.05, 0) is 49.3 Å². The van der Waals surface area contributed by atoms with Crippen LogP contribution in [-0.2, 0) is 27.4 Å². The van der Waals surface area contributed by atoms with E-state index in [2.05, 4.69) is 40.1 Å². The van der Waals surface area contributed by atoms with E-state index in [0.717, 1.165) is 29.3 Å². The summed E-state index contributed by atoms with van der Waals surface area (Å²) in [5.41, 5.74) is 3.37. The smallest absolute Gasteiger partial charge is 0.253 e. The Balaban J connectivity index is 0.00000163. The molecule has 0 bridgehead atoms. The predicted octanol–water partition coefficient (Wildman–Crippen LogP) is 6.27. The number of anilines is 1. The Morgan fingerprint density at radius 3 is 2.62 bits per heavy atom. The standard InChI is InChI=1S/C24H31N5O4.2C2H6/c1-5-8-22(32-6-2)25-20-10-7-9-19(15-20)16-29-18(3)11-12-21(27-29)24-26-23(33-28-24)17-31-14-13-30-4;2*1-2/h7-12,15,25H,3,5-6,13-14,16-17H2,1-2,4H3;2*1-2H3. The van der Waals surface area contributed by atoms with Crippen molar-refractivity contribution in [2.24, 2.45) is 5.10 Å². The Bertz CT molecular complexity index is 1010. The van der Waals surface area contributed by atoms with E-state index >= 15 is 0 Å². The average molecular weight is 514 g/mol. The van der Waals surface area contributed by atoms with Gasteiger partial charge in [0, 0.05) is 12.8 Å². The van der Waals surface area contributed by atoms with Gasteiger partial charge in [-0.1, -0.05) is 58.5 Å². The van der Waals surface area contributed by atoms with Gasteiger partial charge in [0.05, 0.1) is 32.1 Å². The normalized spacial score (nSPS) is 12.7. The quantitative estimate of drug-likeness (QED) is 0.247. The van der Waals surface area contributed by atoms with Gasteiger partial charge in [-0.15, -0.1) is 0 Å². The predicted molar refractivity (Wildman–Crippen MR) is 149 cm³/mol. The first-order chi connectivity index (χ1) is 18.1. The lowest BCUT2D eigenvalue weighted by Crippen LogP contribution is -2.21. The van der Waals surface area contributed by atoms with Crippen LogP contribution in [0.4, 0.5) is 5.69 Å². The molecule has 1 aliphatic rings. The van der Waals surface area contributed by atoms with Gasteiger partial charge in [-0.2, -0.15) is 10.1 Å². The van der Waals surface area contributed by atoms with Gasteiger partial charge in [-0.3, -0.25) is 5.01 Å². The van der Waals surface area contributed by atoms with Crippen LogP contribution in [0.2, 0.25) is 0 Å². The Kier molecular flexibility index (Phi) is 16.0. The topological polar surface area (TPSA) is 94.2 Å². The Labute approximate surface area is 221 Å². The van der Waals surface area contributed by atoms with E-state index in [-0.39, 0.29) is 6.61 Å². The molecular formula is C28H43N5O4. The van der Waals surface area contributed by atoms with E-state index in [9.17, 15) is 0 Å². The van der Waals surface area contributed by atoms with Crippen molar-refractivity contribution in [1.29, 1.82) is 0 Å². The molecule has 0 radical (unpaired) electrons. The molecule has 2 heterocycles. The molecule has 3 rings (SSSR count). The number of nitrogens with zero attached hydrogens (tertiary/aromatic N) is 4. The van der Waals surface area contributed by atoms with Crippen molar-refractivity contribution in [3.8, 4) is 0 Å². The number of rotatable bonds is 13. The zero-order valence-electron chi connectivity index (χ0n) is 23.4. The lowest BCUT2D eigenvalue weighted by Gasteiger charge is -2.23. The molecule has 9 heteroatoms. The van der Waals surface area contributed by atoms with Crippen LogP contribution in [-0.4, -0.2) is 47.8 Å². The van der Waals surface area contributed by atoms with E-state index in [1.807, 2.05) is 76.1 Å². The van der Waals surface area contributed by atoms with E-state index < -0.39 is 0 Å². The molecule has 0 fully saturated rings. The van der Waals surface area contributed by atoms with Crippen molar-refractivity contribution in [3.63, 3.8) is 0 Å². The number of hydrazone groups is 1. The Morgan fingerprint density at radius 1 is 1.14 bits per heavy atom. The molecule has 37 heavy (non-hydrogen) atoms. The highest BCUT2D eigenvalue weighted by Gasteiger charge is 2.17. The van der Waals surface area contributed by atoms with Crippen LogP contribution < -0.4 is 5.32 Å². The largest absolute Gasteiger partial charge is 0.479 e. The number of methoxy groups -OCH3 is 1. The van der Waals surface area contributed by atoms with Crippen LogP contribution in [0.3, 0.4) is 0 Å². The highest BCUT2D eigenvalue weighted by Crippen LogP contribution is 2.20. The fourth-order valence-corrected chi connectivity index (χ4v) is 3.01. The summed E-state index contributed by atoms with van der Waals surface area (Å²) < 4.78 is 21.3. The van der Waals surface area contributed by atoms with Crippen LogP contribution in [0.1, 0.15) is 65.2 Å². The molecule has 0 saturated carbocycles. The van der Waals surface area contributed by atoms with Gasteiger partial charge in [-0.25, -0.2) is 0 Å². The third-order valence-corrected chi connectivity index (χ3v) is 4.56. The molecule has 0 saturated heterocycles. The van der Waals surface area contributed by atoms with Crippen molar-refractivity contribution in [2.75, 3.05) is 32.2 Å². The van der Waals surface area contributed by atoms with Crippen molar-refractivity contribution in [3.05, 3.63) is 77.9 Å². The average Bonchev–Trinajstić information content (AvgIpc) is 3.40. The number of aromatic nitrogens is 2. The number of nitrogens with one attached hydrogen (secondary N) is 1. The van der Waals surface area contributed by atoms with Gasteiger partial charge in [0.15, 0.2) is 5.88 Å². The first-order valence-electron chi connectivity index (χ1n) is 12.9. The van der Waals surface area contributed by atoms with E-state index in [1.165, 1.54) is 0 Å². The highest BCUT2D eigenvalue weighted by atomic mass is 16.5. The van der Waals surface area contributed by atoms with E-state index in [1.54, 1.807) is 7.11 Å². The molecule has 1 aromatic carbocycles. The fourth-order valence-electron chi connectivity index (χ4n) is 3.01.